The van der Waals surface area contributed by atoms with Crippen LogP contribution in [0.1, 0.15) is 38.4 Å². The Bertz CT molecular complexity index is 637. The Balaban J connectivity index is 1.52. The molecule has 1 saturated carbocycles. The lowest BCUT2D eigenvalue weighted by Gasteiger charge is -2.09. The fraction of sp³-hybridized carbons (Fsp3) is 0.471. The summed E-state index contributed by atoms with van der Waals surface area (Å²) in [5.41, 5.74) is 0.807. The number of carbonyl (C=O) groups is 1. The van der Waals surface area contributed by atoms with Crippen LogP contribution in [-0.4, -0.2) is 26.3 Å². The summed E-state index contributed by atoms with van der Waals surface area (Å²) in [7, 11) is 0. The van der Waals surface area contributed by atoms with Crippen molar-refractivity contribution in [2.45, 2.75) is 49.4 Å². The number of aromatic nitrogens is 3. The third kappa shape index (κ3) is 4.58. The minimum atomic E-state index is -0.245. The first-order valence-electron chi connectivity index (χ1n) is 8.14. The molecule has 6 heteroatoms. The van der Waals surface area contributed by atoms with Crippen LogP contribution in [0, 0.1) is 5.92 Å². The molecule has 2 N–H and O–H groups in total. The van der Waals surface area contributed by atoms with E-state index in [1.54, 1.807) is 0 Å². The van der Waals surface area contributed by atoms with E-state index in [1.165, 1.54) is 37.4 Å². The number of rotatable bonds is 6. The van der Waals surface area contributed by atoms with Crippen molar-refractivity contribution in [1.29, 1.82) is 0 Å². The highest BCUT2D eigenvalue weighted by Gasteiger charge is 2.20. The molecule has 1 heterocycles. The molecule has 1 aliphatic carbocycles. The number of aromatic amines is 1. The quantitative estimate of drug-likeness (QED) is 0.793. The molecule has 1 aromatic heterocycles. The molecular formula is C17H22N4OS. The van der Waals surface area contributed by atoms with Crippen LogP contribution in [0.2, 0.25) is 0 Å². The summed E-state index contributed by atoms with van der Waals surface area (Å²) in [6, 6.07) is 9.48. The molecule has 3 rings (SSSR count). The summed E-state index contributed by atoms with van der Waals surface area (Å²) in [4.78, 5) is 16.7. The molecule has 23 heavy (non-hydrogen) atoms. The van der Waals surface area contributed by atoms with Crippen LogP contribution < -0.4 is 5.32 Å². The predicted molar refractivity (Wildman–Crippen MR) is 92.4 cm³/mol. The largest absolute Gasteiger partial charge is 0.325 e. The maximum Gasteiger partial charge on any atom is 0.237 e. The molecular weight excluding hydrogens is 308 g/mol. The lowest BCUT2D eigenvalue weighted by Crippen LogP contribution is -2.22. The Morgan fingerprint density at radius 3 is 2.83 bits per heavy atom. The van der Waals surface area contributed by atoms with Gasteiger partial charge in [-0.3, -0.25) is 9.89 Å². The van der Waals surface area contributed by atoms with Gasteiger partial charge in [0.1, 0.15) is 5.82 Å². The normalized spacial score (nSPS) is 16.4. The Morgan fingerprint density at radius 2 is 2.09 bits per heavy atom. The molecule has 1 atom stereocenters. The molecule has 1 aliphatic rings. The highest BCUT2D eigenvalue weighted by atomic mass is 32.2. The van der Waals surface area contributed by atoms with Gasteiger partial charge in [0.05, 0.1) is 5.25 Å². The van der Waals surface area contributed by atoms with E-state index in [0.29, 0.717) is 5.16 Å². The number of hydrogen-bond donors (Lipinski definition) is 2. The lowest BCUT2D eigenvalue weighted by molar-refractivity contribution is -0.115. The number of hydrogen-bond acceptors (Lipinski definition) is 4. The molecule has 0 aliphatic heterocycles. The minimum absolute atomic E-state index is 0.0386. The first kappa shape index (κ1) is 16.1. The standard InChI is InChI=1S/C17H22N4OS/c1-12(16(22)18-14-9-3-2-4-10-14)23-17-19-15(20-21-17)11-13-7-5-6-8-13/h2-4,9-10,12-13H,5-8,11H2,1H3,(H,18,22)(H,19,20,21). The number of H-pyrrole nitrogens is 1. The van der Waals surface area contributed by atoms with E-state index in [-0.39, 0.29) is 11.2 Å². The predicted octanol–water partition coefficient (Wildman–Crippen LogP) is 3.66. The highest BCUT2D eigenvalue weighted by molar-refractivity contribution is 8.00. The van der Waals surface area contributed by atoms with E-state index in [9.17, 15) is 4.79 Å². The van der Waals surface area contributed by atoms with Crippen molar-refractivity contribution in [3.63, 3.8) is 0 Å². The van der Waals surface area contributed by atoms with E-state index in [4.69, 9.17) is 0 Å². The number of nitrogens with one attached hydrogen (secondary N) is 2. The zero-order chi connectivity index (χ0) is 16.1. The smallest absolute Gasteiger partial charge is 0.237 e. The van der Waals surface area contributed by atoms with Gasteiger partial charge in [0, 0.05) is 12.1 Å². The van der Waals surface area contributed by atoms with Crippen LogP contribution in [0.3, 0.4) is 0 Å². The Kier molecular flexibility index (Phi) is 5.33. The SMILES string of the molecule is CC(Sc1n[nH]c(CC2CCCC2)n1)C(=O)Nc1ccccc1. The van der Waals surface area contributed by atoms with Crippen LogP contribution in [-0.2, 0) is 11.2 Å². The number of thioether (sulfide) groups is 1. The number of benzene rings is 1. The molecule has 122 valence electrons. The number of nitrogens with zero attached hydrogens (tertiary/aromatic N) is 2. The summed E-state index contributed by atoms with van der Waals surface area (Å²) < 4.78 is 0. The zero-order valence-corrected chi connectivity index (χ0v) is 14.1. The third-order valence-corrected chi connectivity index (χ3v) is 5.12. The van der Waals surface area contributed by atoms with E-state index in [1.807, 2.05) is 37.3 Å². The highest BCUT2D eigenvalue weighted by Crippen LogP contribution is 2.28. The first-order chi connectivity index (χ1) is 11.2. The molecule has 1 amide bonds. The van der Waals surface area contributed by atoms with E-state index in [0.717, 1.165) is 23.9 Å². The number of para-hydroxylation sites is 1. The monoisotopic (exact) mass is 330 g/mol. The maximum absolute atomic E-state index is 12.2. The van der Waals surface area contributed by atoms with Gasteiger partial charge < -0.3 is 5.32 Å². The number of carbonyl (C=O) groups excluding carboxylic acids is 1. The fourth-order valence-electron chi connectivity index (χ4n) is 2.89. The van der Waals surface area contributed by atoms with Gasteiger partial charge >= 0.3 is 0 Å². The van der Waals surface area contributed by atoms with Gasteiger partial charge in [0.15, 0.2) is 0 Å². The molecule has 0 spiro atoms. The van der Waals surface area contributed by atoms with Crippen molar-refractivity contribution in [2.24, 2.45) is 5.92 Å². The second-order valence-electron chi connectivity index (χ2n) is 6.03. The van der Waals surface area contributed by atoms with Crippen molar-refractivity contribution >= 4 is 23.4 Å². The second kappa shape index (κ2) is 7.64. The van der Waals surface area contributed by atoms with Gasteiger partial charge in [0.25, 0.3) is 0 Å². The fourth-order valence-corrected chi connectivity index (χ4v) is 3.63. The molecule has 0 saturated heterocycles. The van der Waals surface area contributed by atoms with E-state index < -0.39 is 0 Å². The van der Waals surface area contributed by atoms with E-state index >= 15 is 0 Å². The van der Waals surface area contributed by atoms with Gasteiger partial charge in [0.2, 0.25) is 11.1 Å². The van der Waals surface area contributed by atoms with Crippen LogP contribution >= 0.6 is 11.8 Å². The van der Waals surface area contributed by atoms with Crippen molar-refractivity contribution in [3.05, 3.63) is 36.2 Å². The van der Waals surface area contributed by atoms with Gasteiger partial charge in [-0.2, -0.15) is 0 Å². The Labute approximate surface area is 140 Å². The van der Waals surface area contributed by atoms with Crippen molar-refractivity contribution in [2.75, 3.05) is 5.32 Å². The number of anilines is 1. The molecule has 1 aromatic carbocycles. The molecule has 0 radical (unpaired) electrons. The lowest BCUT2D eigenvalue weighted by atomic mass is 10.0. The molecule has 2 aromatic rings. The summed E-state index contributed by atoms with van der Waals surface area (Å²) in [6.45, 7) is 1.87. The van der Waals surface area contributed by atoms with Crippen molar-refractivity contribution < 1.29 is 4.79 Å². The summed E-state index contributed by atoms with van der Waals surface area (Å²) in [5, 5.41) is 10.6. The van der Waals surface area contributed by atoms with Gasteiger partial charge in [-0.15, -0.1) is 5.10 Å². The minimum Gasteiger partial charge on any atom is -0.325 e. The molecule has 1 unspecified atom stereocenters. The summed E-state index contributed by atoms with van der Waals surface area (Å²) in [5.74, 6) is 1.64. The van der Waals surface area contributed by atoms with Gasteiger partial charge in [-0.25, -0.2) is 4.98 Å². The van der Waals surface area contributed by atoms with E-state index in [2.05, 4.69) is 20.5 Å². The molecule has 1 fully saturated rings. The van der Waals surface area contributed by atoms with Crippen molar-refractivity contribution in [1.82, 2.24) is 15.2 Å². The van der Waals surface area contributed by atoms with Crippen molar-refractivity contribution in [3.8, 4) is 0 Å². The van der Waals surface area contributed by atoms with Gasteiger partial charge in [-0.05, 0) is 25.0 Å². The molecule has 5 nitrogen and oxygen atoms in total. The average molecular weight is 330 g/mol. The maximum atomic E-state index is 12.2. The van der Waals surface area contributed by atoms with Crippen LogP contribution in [0.15, 0.2) is 35.5 Å². The Morgan fingerprint density at radius 1 is 1.35 bits per heavy atom. The third-order valence-electron chi connectivity index (χ3n) is 4.16. The van der Waals surface area contributed by atoms with Crippen LogP contribution in [0.5, 0.6) is 0 Å². The second-order valence-corrected chi connectivity index (χ2v) is 7.34. The number of amides is 1. The topological polar surface area (TPSA) is 70.7 Å². The Hall–Kier alpha value is -1.82. The van der Waals surface area contributed by atoms with Crippen LogP contribution in [0.4, 0.5) is 5.69 Å². The van der Waals surface area contributed by atoms with Crippen LogP contribution in [0.25, 0.3) is 0 Å². The first-order valence-corrected chi connectivity index (χ1v) is 9.02. The summed E-state index contributed by atoms with van der Waals surface area (Å²) in [6.07, 6.45) is 6.21. The molecule has 0 bridgehead atoms. The van der Waals surface area contributed by atoms with Gasteiger partial charge in [-0.1, -0.05) is 55.6 Å². The zero-order valence-electron chi connectivity index (χ0n) is 13.3. The summed E-state index contributed by atoms with van der Waals surface area (Å²) >= 11 is 1.38. The average Bonchev–Trinajstić information content (AvgIpc) is 3.21.